The van der Waals surface area contributed by atoms with Crippen LogP contribution in [0.5, 0.6) is 0 Å². The predicted molar refractivity (Wildman–Crippen MR) is 55.5 cm³/mol. The minimum Gasteiger partial charge on any atom is -0.315 e. The Kier molecular flexibility index (Phi) is 9.07. The number of likely N-dealkylation sites (N-methyl/N-ethyl adjacent to an activating group) is 1. The van der Waals surface area contributed by atoms with E-state index in [1.807, 2.05) is 0 Å². The Hall–Kier alpha value is -0.590. The lowest BCUT2D eigenvalue weighted by Gasteiger charge is -2.13. The third kappa shape index (κ3) is 9.32. The maximum absolute atomic E-state index is 8.30. The Morgan fingerprint density at radius 2 is 2.08 bits per heavy atom. The number of hydrogen-bond acceptors (Lipinski definition) is 3. The first-order valence-electron chi connectivity index (χ1n) is 5.07. The second kappa shape index (κ2) is 9.50. The van der Waals surface area contributed by atoms with Crippen molar-refractivity contribution in [1.29, 1.82) is 5.26 Å². The third-order valence-corrected chi connectivity index (χ3v) is 2.10. The summed E-state index contributed by atoms with van der Waals surface area (Å²) in [5, 5.41) is 11.7. The Morgan fingerprint density at radius 1 is 1.31 bits per heavy atom. The monoisotopic (exact) mass is 183 g/mol. The van der Waals surface area contributed by atoms with Gasteiger partial charge in [-0.2, -0.15) is 5.26 Å². The molecule has 3 nitrogen and oxygen atoms in total. The van der Waals surface area contributed by atoms with Gasteiger partial charge in [-0.15, -0.1) is 0 Å². The van der Waals surface area contributed by atoms with Crippen LogP contribution >= 0.6 is 0 Å². The molecular formula is C10H21N3. The number of hydrogen-bond donors (Lipinski definition) is 1. The average Bonchev–Trinajstić information content (AvgIpc) is 2.16. The average molecular weight is 183 g/mol. The molecule has 0 unspecified atom stereocenters. The summed E-state index contributed by atoms with van der Waals surface area (Å²) in [6.45, 7) is 6.47. The summed E-state index contributed by atoms with van der Waals surface area (Å²) in [6, 6.07) is 2.15. The summed E-state index contributed by atoms with van der Waals surface area (Å²) < 4.78 is 0. The summed E-state index contributed by atoms with van der Waals surface area (Å²) in [4.78, 5) is 2.28. The molecule has 0 aliphatic heterocycles. The van der Waals surface area contributed by atoms with E-state index in [1.165, 1.54) is 0 Å². The van der Waals surface area contributed by atoms with Crippen LogP contribution < -0.4 is 5.32 Å². The van der Waals surface area contributed by atoms with E-state index in [2.05, 4.69) is 30.3 Å². The number of rotatable bonds is 8. The first-order chi connectivity index (χ1) is 6.31. The van der Waals surface area contributed by atoms with Gasteiger partial charge in [0.05, 0.1) is 6.07 Å². The van der Waals surface area contributed by atoms with Crippen molar-refractivity contribution in [3.05, 3.63) is 0 Å². The topological polar surface area (TPSA) is 39.1 Å². The fourth-order valence-corrected chi connectivity index (χ4v) is 1.01. The first-order valence-corrected chi connectivity index (χ1v) is 5.07. The Balaban J connectivity index is 2.96. The summed E-state index contributed by atoms with van der Waals surface area (Å²) in [7, 11) is 2.12. The summed E-state index contributed by atoms with van der Waals surface area (Å²) in [6.07, 6.45) is 2.83. The minimum absolute atomic E-state index is 0.691. The standard InChI is InChI=1S/C10H21N3/c1-3-13(2)10-9-12-8-6-4-5-7-11/h12H,3-6,8-10H2,1-2H3. The van der Waals surface area contributed by atoms with Gasteiger partial charge in [0.15, 0.2) is 0 Å². The highest BCUT2D eigenvalue weighted by Gasteiger charge is 1.92. The van der Waals surface area contributed by atoms with Gasteiger partial charge in [-0.05, 0) is 33.0 Å². The maximum atomic E-state index is 8.30. The second-order valence-corrected chi connectivity index (χ2v) is 3.26. The molecule has 76 valence electrons. The van der Waals surface area contributed by atoms with Gasteiger partial charge >= 0.3 is 0 Å². The molecule has 0 rings (SSSR count). The molecule has 0 aromatic rings. The van der Waals surface area contributed by atoms with Gasteiger partial charge in [-0.25, -0.2) is 0 Å². The zero-order valence-corrected chi connectivity index (χ0v) is 8.84. The van der Waals surface area contributed by atoms with Crippen molar-refractivity contribution in [3.8, 4) is 6.07 Å². The van der Waals surface area contributed by atoms with E-state index >= 15 is 0 Å². The van der Waals surface area contributed by atoms with Crippen LogP contribution in [-0.4, -0.2) is 38.1 Å². The molecule has 0 aliphatic rings. The SMILES string of the molecule is CCN(C)CCNCCCCC#N. The molecule has 0 heterocycles. The zero-order chi connectivity index (χ0) is 9.94. The van der Waals surface area contributed by atoms with Gasteiger partial charge in [-0.3, -0.25) is 0 Å². The zero-order valence-electron chi connectivity index (χ0n) is 8.84. The lowest BCUT2D eigenvalue weighted by molar-refractivity contribution is 0.349. The Morgan fingerprint density at radius 3 is 2.69 bits per heavy atom. The Bertz CT molecular complexity index is 140. The highest BCUT2D eigenvalue weighted by molar-refractivity contribution is 4.68. The van der Waals surface area contributed by atoms with Crippen LogP contribution in [0.15, 0.2) is 0 Å². The molecule has 0 saturated carbocycles. The van der Waals surface area contributed by atoms with Gasteiger partial charge in [0.2, 0.25) is 0 Å². The van der Waals surface area contributed by atoms with E-state index in [1.54, 1.807) is 0 Å². The fraction of sp³-hybridized carbons (Fsp3) is 0.900. The fourth-order valence-electron chi connectivity index (χ4n) is 1.01. The van der Waals surface area contributed by atoms with Crippen LogP contribution in [0.4, 0.5) is 0 Å². The van der Waals surface area contributed by atoms with Gasteiger partial charge < -0.3 is 10.2 Å². The number of nitrogens with zero attached hydrogens (tertiary/aromatic N) is 2. The van der Waals surface area contributed by atoms with E-state index in [9.17, 15) is 0 Å². The van der Waals surface area contributed by atoms with Crippen LogP contribution in [-0.2, 0) is 0 Å². The van der Waals surface area contributed by atoms with Gasteiger partial charge in [0.1, 0.15) is 0 Å². The van der Waals surface area contributed by atoms with Crippen LogP contribution in [0.2, 0.25) is 0 Å². The molecule has 13 heavy (non-hydrogen) atoms. The highest BCUT2D eigenvalue weighted by atomic mass is 15.1. The van der Waals surface area contributed by atoms with E-state index in [4.69, 9.17) is 5.26 Å². The quantitative estimate of drug-likeness (QED) is 0.575. The largest absolute Gasteiger partial charge is 0.315 e. The van der Waals surface area contributed by atoms with Gasteiger partial charge in [0.25, 0.3) is 0 Å². The second-order valence-electron chi connectivity index (χ2n) is 3.26. The van der Waals surface area contributed by atoms with E-state index in [0.29, 0.717) is 6.42 Å². The molecule has 0 radical (unpaired) electrons. The molecule has 0 spiro atoms. The molecule has 0 aromatic heterocycles. The first kappa shape index (κ1) is 12.4. The number of nitriles is 1. The minimum atomic E-state index is 0.691. The van der Waals surface area contributed by atoms with Crippen molar-refractivity contribution in [2.45, 2.75) is 26.2 Å². The molecule has 0 aromatic carbocycles. The normalized spacial score (nSPS) is 10.3. The number of unbranched alkanes of at least 4 members (excludes halogenated alkanes) is 2. The predicted octanol–water partition coefficient (Wildman–Crippen LogP) is 1.22. The van der Waals surface area contributed by atoms with Crippen molar-refractivity contribution in [2.24, 2.45) is 0 Å². The maximum Gasteiger partial charge on any atom is 0.0621 e. The highest BCUT2D eigenvalue weighted by Crippen LogP contribution is 1.90. The van der Waals surface area contributed by atoms with E-state index < -0.39 is 0 Å². The third-order valence-electron chi connectivity index (χ3n) is 2.10. The van der Waals surface area contributed by atoms with E-state index in [0.717, 1.165) is 39.0 Å². The van der Waals surface area contributed by atoms with Crippen molar-refractivity contribution in [1.82, 2.24) is 10.2 Å². The Labute approximate surface area is 81.7 Å². The summed E-state index contributed by atoms with van der Waals surface area (Å²) >= 11 is 0. The van der Waals surface area contributed by atoms with Crippen LogP contribution in [0.3, 0.4) is 0 Å². The van der Waals surface area contributed by atoms with Gasteiger partial charge in [0, 0.05) is 19.5 Å². The molecule has 3 heteroatoms. The molecule has 0 amide bonds. The molecular weight excluding hydrogens is 162 g/mol. The van der Waals surface area contributed by atoms with Crippen LogP contribution in [0, 0.1) is 11.3 Å². The van der Waals surface area contributed by atoms with Crippen LogP contribution in [0.25, 0.3) is 0 Å². The molecule has 0 fully saturated rings. The molecule has 0 aliphatic carbocycles. The van der Waals surface area contributed by atoms with Gasteiger partial charge in [-0.1, -0.05) is 6.92 Å². The molecule has 0 bridgehead atoms. The molecule has 1 N–H and O–H groups in total. The van der Waals surface area contributed by atoms with Crippen LogP contribution in [0.1, 0.15) is 26.2 Å². The van der Waals surface area contributed by atoms with Crippen molar-refractivity contribution in [3.63, 3.8) is 0 Å². The summed E-state index contributed by atoms with van der Waals surface area (Å²) in [5.41, 5.74) is 0. The van der Waals surface area contributed by atoms with Crippen molar-refractivity contribution >= 4 is 0 Å². The summed E-state index contributed by atoms with van der Waals surface area (Å²) in [5.74, 6) is 0. The lowest BCUT2D eigenvalue weighted by Crippen LogP contribution is -2.29. The molecule has 0 saturated heterocycles. The van der Waals surface area contributed by atoms with Crippen molar-refractivity contribution in [2.75, 3.05) is 33.2 Å². The lowest BCUT2D eigenvalue weighted by atomic mass is 10.2. The van der Waals surface area contributed by atoms with E-state index in [-0.39, 0.29) is 0 Å². The smallest absolute Gasteiger partial charge is 0.0621 e. The molecule has 0 atom stereocenters. The van der Waals surface area contributed by atoms with Crippen molar-refractivity contribution < 1.29 is 0 Å². The number of nitrogens with one attached hydrogen (secondary N) is 1.